The minimum absolute atomic E-state index is 0.117. The van der Waals surface area contributed by atoms with Crippen LogP contribution in [0.15, 0.2) is 48.5 Å². The van der Waals surface area contributed by atoms with E-state index in [0.717, 1.165) is 11.3 Å². The summed E-state index contributed by atoms with van der Waals surface area (Å²) in [7, 11) is 0. The molecule has 0 radical (unpaired) electrons. The summed E-state index contributed by atoms with van der Waals surface area (Å²) in [5.41, 5.74) is 2.91. The van der Waals surface area contributed by atoms with E-state index in [9.17, 15) is 10.0 Å². The molecule has 1 heterocycles. The molecule has 0 saturated heterocycles. The zero-order valence-electron chi connectivity index (χ0n) is 10.4. The molecule has 0 atom stereocenters. The number of rotatable bonds is 2. The van der Waals surface area contributed by atoms with E-state index in [1.165, 1.54) is 12.1 Å². The van der Waals surface area contributed by atoms with Crippen molar-refractivity contribution in [3.8, 4) is 0 Å². The number of carbonyl (C=O) groups excluding carboxylic acids is 1. The Morgan fingerprint density at radius 2 is 1.95 bits per heavy atom. The maximum atomic E-state index is 12.0. The van der Waals surface area contributed by atoms with Crippen molar-refractivity contribution >= 4 is 28.9 Å². The molecule has 100 valence electrons. The first-order chi connectivity index (χ1) is 9.65. The van der Waals surface area contributed by atoms with Crippen molar-refractivity contribution in [3.63, 3.8) is 0 Å². The summed E-state index contributed by atoms with van der Waals surface area (Å²) >= 11 is 0. The zero-order valence-corrected chi connectivity index (χ0v) is 10.4. The van der Waals surface area contributed by atoms with Crippen molar-refractivity contribution in [3.05, 3.63) is 64.9 Å². The molecule has 1 aliphatic heterocycles. The molecule has 2 N–H and O–H groups in total. The maximum Gasteiger partial charge on any atom is 0.256 e. The largest absolute Gasteiger partial charge is 0.733 e. The summed E-state index contributed by atoms with van der Waals surface area (Å²) in [6.07, 6.45) is 1.69. The first kappa shape index (κ1) is 12.4. The van der Waals surface area contributed by atoms with Gasteiger partial charge in [-0.2, -0.15) is 0 Å². The van der Waals surface area contributed by atoms with E-state index in [1.54, 1.807) is 18.2 Å². The Morgan fingerprint density at radius 1 is 1.15 bits per heavy atom. The molecular weight excluding hydrogens is 256 g/mol. The molecule has 0 saturated carbocycles. The van der Waals surface area contributed by atoms with Gasteiger partial charge in [-0.1, -0.05) is 30.3 Å². The van der Waals surface area contributed by atoms with Crippen LogP contribution in [-0.2, 0) is 4.79 Å². The lowest BCUT2D eigenvalue weighted by Gasteiger charge is -2.21. The van der Waals surface area contributed by atoms with Crippen molar-refractivity contribution in [1.82, 2.24) is 0 Å². The van der Waals surface area contributed by atoms with Gasteiger partial charge >= 0.3 is 0 Å². The Bertz CT molecular complexity index is 708. The highest BCUT2D eigenvalue weighted by Gasteiger charge is 2.23. The van der Waals surface area contributed by atoms with Gasteiger partial charge in [0.1, 0.15) is 0 Å². The van der Waals surface area contributed by atoms with Gasteiger partial charge in [-0.05, 0) is 29.8 Å². The van der Waals surface area contributed by atoms with E-state index < -0.39 is 0 Å². The molecule has 0 fully saturated rings. The molecule has 1 amide bonds. The van der Waals surface area contributed by atoms with Gasteiger partial charge in [-0.3, -0.25) is 10.0 Å². The third-order valence-corrected chi connectivity index (χ3v) is 3.11. The highest BCUT2D eigenvalue weighted by atomic mass is 16.8. The molecule has 0 aromatic heterocycles. The van der Waals surface area contributed by atoms with E-state index in [2.05, 4.69) is 5.32 Å². The first-order valence-corrected chi connectivity index (χ1v) is 6.04. The molecule has 3 rings (SSSR count). The number of amides is 1. The number of hydrogen-bond acceptors (Lipinski definition) is 4. The minimum Gasteiger partial charge on any atom is -0.733 e. The number of para-hydroxylation sites is 1. The van der Waals surface area contributed by atoms with Crippen LogP contribution in [0.4, 0.5) is 11.4 Å². The van der Waals surface area contributed by atoms with Gasteiger partial charge in [0.25, 0.3) is 5.91 Å². The number of benzene rings is 2. The number of hydrogen-bond donors (Lipinski definition) is 2. The van der Waals surface area contributed by atoms with Gasteiger partial charge in [0.2, 0.25) is 0 Å². The average Bonchev–Trinajstić information content (AvgIpc) is 2.76. The third kappa shape index (κ3) is 2.16. The normalized spacial score (nSPS) is 15.1. The van der Waals surface area contributed by atoms with Crippen molar-refractivity contribution < 1.29 is 10.0 Å². The Balaban J connectivity index is 2.04. The zero-order chi connectivity index (χ0) is 14.1. The first-order valence-electron chi connectivity index (χ1n) is 6.04. The van der Waals surface area contributed by atoms with Crippen LogP contribution in [0, 0.1) is 5.21 Å². The predicted octanol–water partition coefficient (Wildman–Crippen LogP) is 2.87. The summed E-state index contributed by atoms with van der Waals surface area (Å²) in [6.45, 7) is 0. The molecule has 0 bridgehead atoms. The molecule has 5 heteroatoms. The Morgan fingerprint density at radius 3 is 2.75 bits per heavy atom. The summed E-state index contributed by atoms with van der Waals surface area (Å²) in [5.74, 6) is -0.181. The quantitative estimate of drug-likeness (QED) is 0.648. The molecule has 0 spiro atoms. The van der Waals surface area contributed by atoms with Crippen LogP contribution in [0.3, 0.4) is 0 Å². The molecule has 5 nitrogen and oxygen atoms in total. The summed E-state index contributed by atoms with van der Waals surface area (Å²) in [5, 5.41) is 22.3. The van der Waals surface area contributed by atoms with Gasteiger partial charge < -0.3 is 15.8 Å². The highest BCUT2D eigenvalue weighted by Crippen LogP contribution is 2.32. The van der Waals surface area contributed by atoms with Crippen molar-refractivity contribution in [2.24, 2.45) is 0 Å². The second-order valence-electron chi connectivity index (χ2n) is 4.43. The molecule has 1 aliphatic rings. The van der Waals surface area contributed by atoms with E-state index in [0.29, 0.717) is 11.1 Å². The van der Waals surface area contributed by atoms with E-state index in [1.807, 2.05) is 24.3 Å². The van der Waals surface area contributed by atoms with Crippen molar-refractivity contribution in [2.75, 3.05) is 10.5 Å². The van der Waals surface area contributed by atoms with Gasteiger partial charge in [0, 0.05) is 16.8 Å². The lowest BCUT2D eigenvalue weighted by atomic mass is 10.0. The molecule has 20 heavy (non-hydrogen) atoms. The number of carbonyl (C=O) groups is 1. The van der Waals surface area contributed by atoms with Crippen LogP contribution in [-0.4, -0.2) is 11.1 Å². The maximum absolute atomic E-state index is 12.0. The Labute approximate surface area is 115 Å². The molecule has 0 unspecified atom stereocenters. The van der Waals surface area contributed by atoms with Crippen LogP contribution in [0.25, 0.3) is 11.6 Å². The average molecular weight is 267 g/mol. The minimum atomic E-state index is -0.204. The molecule has 2 aromatic carbocycles. The lowest BCUT2D eigenvalue weighted by molar-refractivity contribution is -0.110. The van der Waals surface area contributed by atoms with Gasteiger partial charge in [-0.25, -0.2) is 0 Å². The Kier molecular flexibility index (Phi) is 2.98. The number of anilines is 2. The number of nitrogens with one attached hydrogen (secondary N) is 1. The van der Waals surface area contributed by atoms with Gasteiger partial charge in [0.05, 0.1) is 5.69 Å². The fourth-order valence-electron chi connectivity index (χ4n) is 2.18. The van der Waals surface area contributed by atoms with E-state index in [4.69, 9.17) is 5.21 Å². The van der Waals surface area contributed by atoms with Crippen LogP contribution in [0.5, 0.6) is 0 Å². The van der Waals surface area contributed by atoms with Crippen molar-refractivity contribution in [1.29, 1.82) is 0 Å². The highest BCUT2D eigenvalue weighted by molar-refractivity contribution is 6.34. The molecule has 0 aliphatic carbocycles. The molecule has 2 aromatic rings. The van der Waals surface area contributed by atoms with Crippen LogP contribution in [0.1, 0.15) is 11.1 Å². The smallest absolute Gasteiger partial charge is 0.256 e. The number of fused-ring (bicyclic) bond motifs is 1. The lowest BCUT2D eigenvalue weighted by Crippen LogP contribution is -2.06. The predicted molar refractivity (Wildman–Crippen MR) is 77.0 cm³/mol. The fourth-order valence-corrected chi connectivity index (χ4v) is 2.18. The Hall–Kier alpha value is -2.63. The van der Waals surface area contributed by atoms with Gasteiger partial charge in [-0.15, -0.1) is 0 Å². The topological polar surface area (TPSA) is 75.6 Å². The second-order valence-corrected chi connectivity index (χ2v) is 4.43. The van der Waals surface area contributed by atoms with E-state index >= 15 is 0 Å². The van der Waals surface area contributed by atoms with Crippen molar-refractivity contribution in [2.45, 2.75) is 0 Å². The van der Waals surface area contributed by atoms with Gasteiger partial charge in [0.15, 0.2) is 0 Å². The summed E-state index contributed by atoms with van der Waals surface area (Å²) in [4.78, 5) is 12.0. The number of nitrogens with zero attached hydrogens (tertiary/aromatic N) is 1. The standard InChI is InChI=1S/C15H11N2O3/c18-15-13(12-6-1-2-7-14(12)16-15)9-10-4-3-5-11(8-10)17(19)20/h1-9,19H,(H,16,18)/q-1. The van der Waals surface area contributed by atoms with Crippen LogP contribution in [0.2, 0.25) is 0 Å². The SMILES string of the molecule is O=C1Nc2ccccc2C1=Cc1cccc(N([O-])O)c1. The second kappa shape index (κ2) is 4.80. The van der Waals surface area contributed by atoms with Crippen LogP contribution < -0.4 is 10.5 Å². The summed E-state index contributed by atoms with van der Waals surface area (Å²) < 4.78 is 0. The third-order valence-electron chi connectivity index (χ3n) is 3.11. The van der Waals surface area contributed by atoms with Crippen LogP contribution >= 0.6 is 0 Å². The summed E-state index contributed by atoms with van der Waals surface area (Å²) in [6, 6.07) is 13.8. The van der Waals surface area contributed by atoms with E-state index in [-0.39, 0.29) is 16.8 Å². The molecular formula is C15H11N2O3-. The monoisotopic (exact) mass is 267 g/mol. The fraction of sp³-hybridized carbons (Fsp3) is 0.